The summed E-state index contributed by atoms with van der Waals surface area (Å²) in [6.45, 7) is 4.03. The number of rotatable bonds is 4. The van der Waals surface area contributed by atoms with Crippen molar-refractivity contribution in [1.82, 2.24) is 10.2 Å². The van der Waals surface area contributed by atoms with Crippen LogP contribution in [0.15, 0.2) is 28.6 Å². The zero-order valence-corrected chi connectivity index (χ0v) is 14.4. The Bertz CT molecular complexity index is 688. The number of amides is 1. The fourth-order valence-electron chi connectivity index (χ4n) is 2.66. The Labute approximate surface area is 138 Å². The minimum Gasteiger partial charge on any atom is -0.363 e. The first-order valence-corrected chi connectivity index (χ1v) is 8.88. The third-order valence-corrected chi connectivity index (χ3v) is 5.80. The number of fused-ring (bicyclic) bond motifs is 1. The second-order valence-corrected chi connectivity index (χ2v) is 7.84. The topological polar surface area (TPSA) is 58.1 Å². The van der Waals surface area contributed by atoms with E-state index in [9.17, 15) is 4.79 Å². The summed E-state index contributed by atoms with van der Waals surface area (Å²) in [6.07, 6.45) is 0.919. The van der Waals surface area contributed by atoms with Crippen LogP contribution in [0.1, 0.15) is 19.4 Å². The van der Waals surface area contributed by atoms with Gasteiger partial charge in [0.15, 0.2) is 4.34 Å². The maximum absolute atomic E-state index is 12.8. The predicted octanol–water partition coefficient (Wildman–Crippen LogP) is 3.04. The van der Waals surface area contributed by atoms with Crippen LogP contribution >= 0.6 is 23.1 Å². The van der Waals surface area contributed by atoms with E-state index >= 15 is 0 Å². The van der Waals surface area contributed by atoms with Crippen molar-refractivity contribution in [3.8, 4) is 0 Å². The molecular weight excluding hydrogens is 316 g/mol. The van der Waals surface area contributed by atoms with Gasteiger partial charge in [0.25, 0.3) is 0 Å². The van der Waals surface area contributed by atoms with Crippen LogP contribution in [0, 0.1) is 0 Å². The Balaban J connectivity index is 1.75. The summed E-state index contributed by atoms with van der Waals surface area (Å²) in [7, 11) is 1.81. The van der Waals surface area contributed by atoms with E-state index in [1.54, 1.807) is 0 Å². The molecule has 3 rings (SSSR count). The van der Waals surface area contributed by atoms with Crippen LogP contribution < -0.4 is 10.2 Å². The monoisotopic (exact) mass is 334 g/mol. The van der Waals surface area contributed by atoms with Crippen LogP contribution in [0.4, 0.5) is 10.8 Å². The van der Waals surface area contributed by atoms with Crippen molar-refractivity contribution < 1.29 is 4.79 Å². The second kappa shape index (κ2) is 6.26. The Morgan fingerprint density at radius 2 is 2.23 bits per heavy atom. The SMILES string of the molecule is CNc1nnc(SC(C)C(=O)N2c3ccccc3CC2C)s1. The van der Waals surface area contributed by atoms with Crippen LogP contribution in [-0.2, 0) is 11.2 Å². The van der Waals surface area contributed by atoms with E-state index < -0.39 is 0 Å². The first kappa shape index (κ1) is 15.3. The minimum absolute atomic E-state index is 0.128. The molecule has 0 aliphatic carbocycles. The number of anilines is 2. The Kier molecular flexibility index (Phi) is 4.35. The Morgan fingerprint density at radius 1 is 1.45 bits per heavy atom. The van der Waals surface area contributed by atoms with Crippen LogP contribution in [-0.4, -0.2) is 34.4 Å². The number of aromatic nitrogens is 2. The fourth-order valence-corrected chi connectivity index (χ4v) is 4.56. The van der Waals surface area contributed by atoms with Gasteiger partial charge in [0, 0.05) is 18.8 Å². The van der Waals surface area contributed by atoms with E-state index in [1.165, 1.54) is 28.7 Å². The Morgan fingerprint density at radius 3 is 2.95 bits per heavy atom. The van der Waals surface area contributed by atoms with Gasteiger partial charge in [0.1, 0.15) is 0 Å². The summed E-state index contributed by atoms with van der Waals surface area (Å²) in [4.78, 5) is 14.8. The van der Waals surface area contributed by atoms with Gasteiger partial charge in [-0.3, -0.25) is 4.79 Å². The van der Waals surface area contributed by atoms with Crippen molar-refractivity contribution >= 4 is 39.8 Å². The van der Waals surface area contributed by atoms with Crippen molar-refractivity contribution in [2.45, 2.75) is 35.9 Å². The molecule has 7 heteroatoms. The summed E-state index contributed by atoms with van der Waals surface area (Å²) in [5, 5.41) is 11.6. The summed E-state index contributed by atoms with van der Waals surface area (Å²) >= 11 is 2.93. The van der Waals surface area contributed by atoms with Gasteiger partial charge in [-0.05, 0) is 31.9 Å². The van der Waals surface area contributed by atoms with Crippen LogP contribution in [0.25, 0.3) is 0 Å². The number of para-hydroxylation sites is 1. The van der Waals surface area contributed by atoms with E-state index in [-0.39, 0.29) is 17.2 Å². The van der Waals surface area contributed by atoms with Gasteiger partial charge < -0.3 is 10.2 Å². The maximum atomic E-state index is 12.8. The third kappa shape index (κ3) is 2.83. The van der Waals surface area contributed by atoms with Crippen molar-refractivity contribution in [2.24, 2.45) is 0 Å². The molecule has 5 nitrogen and oxygen atoms in total. The Hall–Kier alpha value is -1.60. The fraction of sp³-hybridized carbons (Fsp3) is 0.400. The lowest BCUT2D eigenvalue weighted by molar-refractivity contribution is -0.118. The van der Waals surface area contributed by atoms with Crippen molar-refractivity contribution in [2.75, 3.05) is 17.3 Å². The normalized spacial score (nSPS) is 18.1. The summed E-state index contributed by atoms with van der Waals surface area (Å²) in [5.74, 6) is 0.128. The molecule has 1 aliphatic rings. The lowest BCUT2D eigenvalue weighted by atomic mass is 10.1. The van der Waals surface area contributed by atoms with Gasteiger partial charge in [-0.2, -0.15) is 0 Å². The molecule has 2 heterocycles. The molecule has 1 aromatic heterocycles. The highest BCUT2D eigenvalue weighted by Crippen LogP contribution is 2.35. The molecule has 0 fully saturated rings. The number of carbonyl (C=O) groups excluding carboxylic acids is 1. The molecular formula is C15H18N4OS2. The number of thioether (sulfide) groups is 1. The highest BCUT2D eigenvalue weighted by atomic mass is 32.2. The molecule has 116 valence electrons. The number of nitrogens with zero attached hydrogens (tertiary/aromatic N) is 3. The number of benzene rings is 1. The van der Waals surface area contributed by atoms with E-state index in [2.05, 4.69) is 28.5 Å². The van der Waals surface area contributed by atoms with Gasteiger partial charge in [-0.25, -0.2) is 0 Å². The zero-order chi connectivity index (χ0) is 15.7. The van der Waals surface area contributed by atoms with E-state index in [4.69, 9.17) is 0 Å². The molecule has 0 bridgehead atoms. The molecule has 1 aliphatic heterocycles. The summed E-state index contributed by atoms with van der Waals surface area (Å²) in [5.41, 5.74) is 2.29. The molecule has 2 atom stereocenters. The molecule has 22 heavy (non-hydrogen) atoms. The van der Waals surface area contributed by atoms with E-state index in [0.717, 1.165) is 21.6 Å². The first-order valence-electron chi connectivity index (χ1n) is 7.19. The lowest BCUT2D eigenvalue weighted by Crippen LogP contribution is -2.40. The number of carbonyl (C=O) groups is 1. The lowest BCUT2D eigenvalue weighted by Gasteiger charge is -2.25. The highest BCUT2D eigenvalue weighted by molar-refractivity contribution is 8.02. The molecule has 2 aromatic rings. The van der Waals surface area contributed by atoms with Crippen molar-refractivity contribution in [3.63, 3.8) is 0 Å². The van der Waals surface area contributed by atoms with Gasteiger partial charge in [-0.15, -0.1) is 10.2 Å². The third-order valence-electron chi connectivity index (χ3n) is 3.69. The van der Waals surface area contributed by atoms with Gasteiger partial charge in [0.2, 0.25) is 11.0 Å². The maximum Gasteiger partial charge on any atom is 0.240 e. The van der Waals surface area contributed by atoms with E-state index in [1.807, 2.05) is 37.1 Å². The van der Waals surface area contributed by atoms with Gasteiger partial charge in [0.05, 0.1) is 5.25 Å². The highest BCUT2D eigenvalue weighted by Gasteiger charge is 2.33. The molecule has 1 aromatic carbocycles. The number of nitrogens with one attached hydrogen (secondary N) is 1. The molecule has 0 spiro atoms. The molecule has 0 saturated carbocycles. The number of hydrogen-bond acceptors (Lipinski definition) is 6. The van der Waals surface area contributed by atoms with Crippen LogP contribution in [0.2, 0.25) is 0 Å². The molecule has 0 saturated heterocycles. The van der Waals surface area contributed by atoms with Crippen molar-refractivity contribution in [1.29, 1.82) is 0 Å². The molecule has 0 radical (unpaired) electrons. The van der Waals surface area contributed by atoms with Crippen molar-refractivity contribution in [3.05, 3.63) is 29.8 Å². The van der Waals surface area contributed by atoms with Gasteiger partial charge in [-0.1, -0.05) is 41.3 Å². The largest absolute Gasteiger partial charge is 0.363 e. The smallest absolute Gasteiger partial charge is 0.240 e. The summed E-state index contributed by atoms with van der Waals surface area (Å²) < 4.78 is 0.810. The van der Waals surface area contributed by atoms with Gasteiger partial charge >= 0.3 is 0 Å². The quantitative estimate of drug-likeness (QED) is 0.871. The first-order chi connectivity index (χ1) is 10.6. The molecule has 2 unspecified atom stereocenters. The average molecular weight is 334 g/mol. The average Bonchev–Trinajstić information content (AvgIpc) is 3.09. The second-order valence-electron chi connectivity index (χ2n) is 5.27. The molecule has 1 amide bonds. The zero-order valence-electron chi connectivity index (χ0n) is 12.7. The van der Waals surface area contributed by atoms with E-state index in [0.29, 0.717) is 0 Å². The molecule has 1 N–H and O–H groups in total. The standard InChI is InChI=1S/C15H18N4OS2/c1-9-8-11-6-4-5-7-12(11)19(9)13(20)10(2)21-15-18-17-14(16-3)22-15/h4-7,9-10H,8H2,1-3H3,(H,16,17). The predicted molar refractivity (Wildman–Crippen MR) is 91.9 cm³/mol. The minimum atomic E-state index is -0.189. The van der Waals surface area contributed by atoms with Crippen LogP contribution in [0.5, 0.6) is 0 Å². The van der Waals surface area contributed by atoms with Crippen LogP contribution in [0.3, 0.4) is 0 Å². The number of hydrogen-bond donors (Lipinski definition) is 1. The summed E-state index contributed by atoms with van der Waals surface area (Å²) in [6, 6.07) is 8.34.